The Kier molecular flexibility index (Phi) is 8.30. The summed E-state index contributed by atoms with van der Waals surface area (Å²) < 4.78 is 0. The molecule has 88 valence electrons. The van der Waals surface area contributed by atoms with Crippen molar-refractivity contribution in [3.63, 3.8) is 0 Å². The SMILES string of the molecule is CCCCCc1cc(CC(=O)[O-])ccc1O.[Na+]. The van der Waals surface area contributed by atoms with Crippen LogP contribution in [0.1, 0.15) is 37.3 Å². The Morgan fingerprint density at radius 1 is 1.35 bits per heavy atom. The van der Waals surface area contributed by atoms with Gasteiger partial charge in [0.15, 0.2) is 0 Å². The van der Waals surface area contributed by atoms with Crippen LogP contribution in [0.25, 0.3) is 0 Å². The molecule has 1 rings (SSSR count). The first-order valence-electron chi connectivity index (χ1n) is 5.64. The van der Waals surface area contributed by atoms with Crippen LogP contribution in [-0.2, 0) is 17.6 Å². The molecule has 0 heterocycles. The van der Waals surface area contributed by atoms with Crippen LogP contribution in [0.2, 0.25) is 0 Å². The van der Waals surface area contributed by atoms with Gasteiger partial charge in [-0.15, -0.1) is 0 Å². The van der Waals surface area contributed by atoms with Gasteiger partial charge in [-0.2, -0.15) is 0 Å². The molecule has 0 spiro atoms. The Labute approximate surface area is 124 Å². The molecule has 0 aliphatic heterocycles. The summed E-state index contributed by atoms with van der Waals surface area (Å²) in [6.07, 6.45) is 3.95. The van der Waals surface area contributed by atoms with Crippen molar-refractivity contribution in [1.29, 1.82) is 0 Å². The number of hydrogen-bond donors (Lipinski definition) is 1. The van der Waals surface area contributed by atoms with Crippen LogP contribution in [0.3, 0.4) is 0 Å². The molecule has 0 saturated heterocycles. The number of phenols is 1. The molecule has 1 aromatic carbocycles. The summed E-state index contributed by atoms with van der Waals surface area (Å²) in [5, 5.41) is 20.1. The molecule has 0 aromatic heterocycles. The molecule has 3 nitrogen and oxygen atoms in total. The van der Waals surface area contributed by atoms with Crippen molar-refractivity contribution in [3.8, 4) is 5.75 Å². The van der Waals surface area contributed by atoms with E-state index in [4.69, 9.17) is 0 Å². The maximum Gasteiger partial charge on any atom is 1.00 e. The number of unbranched alkanes of at least 4 members (excludes halogenated alkanes) is 2. The van der Waals surface area contributed by atoms with Gasteiger partial charge in [-0.3, -0.25) is 0 Å². The number of carboxylic acid groups (broad SMARTS) is 1. The van der Waals surface area contributed by atoms with Crippen molar-refractivity contribution in [3.05, 3.63) is 29.3 Å². The summed E-state index contributed by atoms with van der Waals surface area (Å²) in [6, 6.07) is 4.93. The normalized spacial score (nSPS) is 9.71. The second kappa shape index (κ2) is 8.56. The van der Waals surface area contributed by atoms with Gasteiger partial charge in [-0.1, -0.05) is 31.9 Å². The Hall–Kier alpha value is -0.510. The van der Waals surface area contributed by atoms with Crippen molar-refractivity contribution < 1.29 is 44.6 Å². The molecule has 0 amide bonds. The van der Waals surface area contributed by atoms with E-state index in [1.165, 1.54) is 0 Å². The zero-order valence-corrected chi connectivity index (χ0v) is 12.5. The molecular weight excluding hydrogens is 227 g/mol. The first-order valence-corrected chi connectivity index (χ1v) is 5.64. The molecule has 0 radical (unpaired) electrons. The number of benzene rings is 1. The number of aryl methyl sites for hydroxylation is 1. The van der Waals surface area contributed by atoms with Crippen molar-refractivity contribution in [2.24, 2.45) is 0 Å². The average Bonchev–Trinajstić information content (AvgIpc) is 2.22. The van der Waals surface area contributed by atoms with E-state index >= 15 is 0 Å². The molecular formula is C13H17NaO3. The number of rotatable bonds is 6. The van der Waals surface area contributed by atoms with Crippen LogP contribution in [0.15, 0.2) is 18.2 Å². The van der Waals surface area contributed by atoms with Crippen molar-refractivity contribution >= 4 is 5.97 Å². The van der Waals surface area contributed by atoms with E-state index in [-0.39, 0.29) is 41.7 Å². The minimum absolute atomic E-state index is 0. The van der Waals surface area contributed by atoms with E-state index in [2.05, 4.69) is 6.92 Å². The maximum atomic E-state index is 10.5. The van der Waals surface area contributed by atoms with E-state index in [0.717, 1.165) is 31.2 Å². The third-order valence-corrected chi connectivity index (χ3v) is 2.54. The van der Waals surface area contributed by atoms with Gasteiger partial charge < -0.3 is 15.0 Å². The molecule has 17 heavy (non-hydrogen) atoms. The molecule has 4 heteroatoms. The first-order chi connectivity index (χ1) is 7.63. The molecule has 0 fully saturated rings. The van der Waals surface area contributed by atoms with Crippen LogP contribution < -0.4 is 34.7 Å². The number of carbonyl (C=O) groups is 1. The Morgan fingerprint density at radius 2 is 2.06 bits per heavy atom. The Balaban J connectivity index is 0.00000256. The monoisotopic (exact) mass is 244 g/mol. The van der Waals surface area contributed by atoms with E-state index < -0.39 is 5.97 Å². The van der Waals surface area contributed by atoms with Gasteiger partial charge in [0.2, 0.25) is 0 Å². The summed E-state index contributed by atoms with van der Waals surface area (Å²) in [4.78, 5) is 10.5. The minimum atomic E-state index is -1.09. The predicted molar refractivity (Wildman–Crippen MR) is 60.0 cm³/mol. The number of carboxylic acids is 1. The molecule has 1 N–H and O–H groups in total. The summed E-state index contributed by atoms with van der Waals surface area (Å²) >= 11 is 0. The van der Waals surface area contributed by atoms with Gasteiger partial charge in [0.25, 0.3) is 0 Å². The van der Waals surface area contributed by atoms with Crippen molar-refractivity contribution in [2.45, 2.75) is 39.0 Å². The van der Waals surface area contributed by atoms with Gasteiger partial charge in [0.1, 0.15) is 5.75 Å². The van der Waals surface area contributed by atoms with E-state index in [1.807, 2.05) is 0 Å². The van der Waals surface area contributed by atoms with E-state index in [9.17, 15) is 15.0 Å². The van der Waals surface area contributed by atoms with E-state index in [0.29, 0.717) is 5.56 Å². The largest absolute Gasteiger partial charge is 1.00 e. The van der Waals surface area contributed by atoms with Gasteiger partial charge in [0, 0.05) is 12.4 Å². The van der Waals surface area contributed by atoms with Crippen LogP contribution in [-0.4, -0.2) is 11.1 Å². The second-order valence-corrected chi connectivity index (χ2v) is 3.97. The van der Waals surface area contributed by atoms with Gasteiger partial charge in [0.05, 0.1) is 0 Å². The van der Waals surface area contributed by atoms with Gasteiger partial charge in [-0.05, 0) is 30.0 Å². The number of hydrogen-bond acceptors (Lipinski definition) is 3. The van der Waals surface area contributed by atoms with Crippen LogP contribution in [0.4, 0.5) is 0 Å². The van der Waals surface area contributed by atoms with Crippen molar-refractivity contribution in [1.82, 2.24) is 0 Å². The van der Waals surface area contributed by atoms with Gasteiger partial charge in [-0.25, -0.2) is 0 Å². The fraction of sp³-hybridized carbons (Fsp3) is 0.462. The molecule has 0 aliphatic carbocycles. The molecule has 0 aliphatic rings. The third-order valence-electron chi connectivity index (χ3n) is 2.54. The molecule has 0 atom stereocenters. The Morgan fingerprint density at radius 3 is 2.65 bits per heavy atom. The van der Waals surface area contributed by atoms with Crippen LogP contribution in [0.5, 0.6) is 5.75 Å². The zero-order valence-electron chi connectivity index (χ0n) is 10.5. The summed E-state index contributed by atoms with van der Waals surface area (Å²) in [5.74, 6) is -0.844. The molecule has 1 aromatic rings. The third kappa shape index (κ3) is 6.10. The fourth-order valence-corrected chi connectivity index (χ4v) is 1.68. The number of aliphatic carboxylic acids is 1. The number of phenolic OH excluding ortho intramolecular Hbond substituents is 1. The van der Waals surface area contributed by atoms with Gasteiger partial charge >= 0.3 is 29.6 Å². The average molecular weight is 244 g/mol. The first kappa shape index (κ1) is 16.5. The summed E-state index contributed by atoms with van der Waals surface area (Å²) in [5.41, 5.74) is 1.51. The van der Waals surface area contributed by atoms with Crippen LogP contribution >= 0.6 is 0 Å². The Bertz CT molecular complexity index is 364. The van der Waals surface area contributed by atoms with Crippen molar-refractivity contribution in [2.75, 3.05) is 0 Å². The maximum absolute atomic E-state index is 10.5. The molecule has 0 saturated carbocycles. The summed E-state index contributed by atoms with van der Waals surface area (Å²) in [6.45, 7) is 2.12. The quantitative estimate of drug-likeness (QED) is 0.485. The fourth-order valence-electron chi connectivity index (χ4n) is 1.68. The smallest absolute Gasteiger partial charge is 0.550 e. The standard InChI is InChI=1S/C13H18O3.Na/c1-2-3-4-5-11-8-10(9-13(15)16)6-7-12(11)14;/h6-8,14H,2-5,9H2,1H3,(H,15,16);/q;+1/p-1. The topological polar surface area (TPSA) is 60.4 Å². The van der Waals surface area contributed by atoms with Crippen LogP contribution in [0, 0.1) is 0 Å². The second-order valence-electron chi connectivity index (χ2n) is 3.97. The zero-order chi connectivity index (χ0) is 12.0. The molecule has 0 unspecified atom stereocenters. The summed E-state index contributed by atoms with van der Waals surface area (Å²) in [7, 11) is 0. The van der Waals surface area contributed by atoms with E-state index in [1.54, 1.807) is 18.2 Å². The molecule has 0 bridgehead atoms. The number of carbonyl (C=O) groups excluding carboxylic acids is 1. The minimum Gasteiger partial charge on any atom is -0.550 e. The predicted octanol–water partition coefficient (Wildman–Crippen LogP) is -1.58. The number of aromatic hydroxyl groups is 1.